The number of hydrogen-bond donors (Lipinski definition) is 0. The highest BCUT2D eigenvalue weighted by molar-refractivity contribution is 9.11. The number of fused-ring (bicyclic) bond motifs is 1. The first-order chi connectivity index (χ1) is 9.97. The smallest absolute Gasteiger partial charge is 0.231 e. The normalized spacial score (nSPS) is 13.5. The van der Waals surface area contributed by atoms with E-state index in [1.165, 1.54) is 0 Å². The van der Waals surface area contributed by atoms with Gasteiger partial charge in [-0.05, 0) is 57.9 Å². The number of halogens is 2. The summed E-state index contributed by atoms with van der Waals surface area (Å²) in [7, 11) is 1.75. The standard InChI is InChI=1S/C16H11Br2NO2/c1-19-14-5-2-9(6-10(14)7-15(19)20)16(21)12-4-3-11(17)8-13(12)18/h2-6,8H,7H2,1H3. The van der Waals surface area contributed by atoms with Crippen LogP contribution in [0.5, 0.6) is 0 Å². The zero-order chi connectivity index (χ0) is 15.1. The van der Waals surface area contributed by atoms with Crippen LogP contribution in [0.3, 0.4) is 0 Å². The highest BCUT2D eigenvalue weighted by Crippen LogP contribution is 2.30. The molecule has 2 aromatic rings. The van der Waals surface area contributed by atoms with Gasteiger partial charge in [-0.15, -0.1) is 0 Å². The number of likely N-dealkylation sites (N-methyl/N-ethyl adjacent to an activating group) is 1. The minimum Gasteiger partial charge on any atom is -0.315 e. The first-order valence-electron chi connectivity index (χ1n) is 6.36. The molecule has 0 aromatic heterocycles. The first kappa shape index (κ1) is 14.5. The molecule has 0 aliphatic carbocycles. The summed E-state index contributed by atoms with van der Waals surface area (Å²) in [5, 5.41) is 0. The first-order valence-corrected chi connectivity index (χ1v) is 7.95. The molecule has 5 heteroatoms. The fourth-order valence-corrected chi connectivity index (χ4v) is 3.67. The Balaban J connectivity index is 2.00. The molecule has 1 aliphatic heterocycles. The maximum absolute atomic E-state index is 12.6. The largest absolute Gasteiger partial charge is 0.315 e. The van der Waals surface area contributed by atoms with Crippen LogP contribution in [0.1, 0.15) is 21.5 Å². The quantitative estimate of drug-likeness (QED) is 0.705. The van der Waals surface area contributed by atoms with E-state index in [2.05, 4.69) is 31.9 Å². The summed E-state index contributed by atoms with van der Waals surface area (Å²) in [5.74, 6) is -0.00130. The summed E-state index contributed by atoms with van der Waals surface area (Å²) < 4.78 is 1.66. The van der Waals surface area contributed by atoms with Gasteiger partial charge in [0, 0.05) is 32.8 Å². The van der Waals surface area contributed by atoms with Crippen LogP contribution in [0.2, 0.25) is 0 Å². The van der Waals surface area contributed by atoms with Crippen LogP contribution in [-0.4, -0.2) is 18.7 Å². The van der Waals surface area contributed by atoms with Gasteiger partial charge in [-0.1, -0.05) is 15.9 Å². The van der Waals surface area contributed by atoms with Crippen LogP contribution < -0.4 is 4.90 Å². The summed E-state index contributed by atoms with van der Waals surface area (Å²) in [6.07, 6.45) is 0.356. The van der Waals surface area contributed by atoms with Gasteiger partial charge < -0.3 is 4.90 Å². The second-order valence-electron chi connectivity index (χ2n) is 4.93. The molecule has 1 heterocycles. The fourth-order valence-electron chi connectivity index (χ4n) is 2.44. The molecule has 1 aliphatic rings. The van der Waals surface area contributed by atoms with Crippen molar-refractivity contribution >= 4 is 49.2 Å². The van der Waals surface area contributed by atoms with Crippen molar-refractivity contribution in [1.82, 2.24) is 0 Å². The predicted molar refractivity (Wildman–Crippen MR) is 88.8 cm³/mol. The van der Waals surface area contributed by atoms with E-state index in [9.17, 15) is 9.59 Å². The molecule has 0 bridgehead atoms. The van der Waals surface area contributed by atoms with Gasteiger partial charge in [0.25, 0.3) is 0 Å². The Bertz CT molecular complexity index is 771. The van der Waals surface area contributed by atoms with Crippen molar-refractivity contribution in [3.63, 3.8) is 0 Å². The number of anilines is 1. The monoisotopic (exact) mass is 407 g/mol. The van der Waals surface area contributed by atoms with Crippen molar-refractivity contribution in [3.8, 4) is 0 Å². The molecule has 0 saturated heterocycles. The van der Waals surface area contributed by atoms with E-state index in [-0.39, 0.29) is 11.7 Å². The van der Waals surface area contributed by atoms with Crippen LogP contribution in [0.4, 0.5) is 5.69 Å². The van der Waals surface area contributed by atoms with E-state index in [1.807, 2.05) is 24.3 Å². The van der Waals surface area contributed by atoms with Gasteiger partial charge >= 0.3 is 0 Å². The highest BCUT2D eigenvalue weighted by atomic mass is 79.9. The molecule has 0 spiro atoms. The predicted octanol–water partition coefficient (Wildman–Crippen LogP) is 3.96. The number of ketones is 1. The van der Waals surface area contributed by atoms with Gasteiger partial charge in [0.2, 0.25) is 5.91 Å². The Labute approximate surface area is 139 Å². The van der Waals surface area contributed by atoms with Gasteiger partial charge in [-0.25, -0.2) is 0 Å². The van der Waals surface area contributed by atoms with Gasteiger partial charge in [0.1, 0.15) is 0 Å². The van der Waals surface area contributed by atoms with Crippen LogP contribution in [0, 0.1) is 0 Å². The molecular formula is C16H11Br2NO2. The number of carbonyl (C=O) groups excluding carboxylic acids is 2. The number of carbonyl (C=O) groups is 2. The van der Waals surface area contributed by atoms with Crippen molar-refractivity contribution in [2.45, 2.75) is 6.42 Å². The van der Waals surface area contributed by atoms with Crippen LogP contribution in [-0.2, 0) is 11.2 Å². The molecule has 0 unspecified atom stereocenters. The lowest BCUT2D eigenvalue weighted by Gasteiger charge is -2.10. The molecule has 1 amide bonds. The summed E-state index contributed by atoms with van der Waals surface area (Å²) in [5.41, 5.74) is 2.99. The zero-order valence-corrected chi connectivity index (χ0v) is 14.4. The Kier molecular flexibility index (Phi) is 3.71. The number of benzene rings is 2. The zero-order valence-electron chi connectivity index (χ0n) is 11.2. The maximum atomic E-state index is 12.6. The molecule has 3 nitrogen and oxygen atoms in total. The number of amides is 1. The molecule has 0 N–H and O–H groups in total. The Morgan fingerprint density at radius 2 is 1.90 bits per heavy atom. The van der Waals surface area contributed by atoms with E-state index < -0.39 is 0 Å². The summed E-state index contributed by atoms with van der Waals surface area (Å²) in [6, 6.07) is 10.9. The lowest BCUT2D eigenvalue weighted by Crippen LogP contribution is -2.20. The minimum absolute atomic E-state index is 0.0550. The van der Waals surface area contributed by atoms with E-state index in [4.69, 9.17) is 0 Å². The summed E-state index contributed by atoms with van der Waals surface area (Å²) in [6.45, 7) is 0. The van der Waals surface area contributed by atoms with Gasteiger partial charge in [0.15, 0.2) is 5.78 Å². The average Bonchev–Trinajstić information content (AvgIpc) is 2.73. The number of rotatable bonds is 2. The summed E-state index contributed by atoms with van der Waals surface area (Å²) >= 11 is 6.78. The molecule has 21 heavy (non-hydrogen) atoms. The third-order valence-electron chi connectivity index (χ3n) is 3.59. The van der Waals surface area contributed by atoms with Crippen molar-refractivity contribution in [2.24, 2.45) is 0 Å². The van der Waals surface area contributed by atoms with Crippen molar-refractivity contribution in [1.29, 1.82) is 0 Å². The van der Waals surface area contributed by atoms with E-state index in [0.717, 1.165) is 20.2 Å². The number of hydrogen-bond acceptors (Lipinski definition) is 2. The second kappa shape index (κ2) is 5.39. The molecule has 3 rings (SSSR count). The van der Waals surface area contributed by atoms with Crippen molar-refractivity contribution < 1.29 is 9.59 Å². The molecular weight excluding hydrogens is 398 g/mol. The summed E-state index contributed by atoms with van der Waals surface area (Å²) in [4.78, 5) is 25.9. The highest BCUT2D eigenvalue weighted by Gasteiger charge is 2.25. The third kappa shape index (κ3) is 2.56. The second-order valence-corrected chi connectivity index (χ2v) is 6.70. The number of nitrogens with zero attached hydrogens (tertiary/aromatic N) is 1. The van der Waals surface area contributed by atoms with Crippen LogP contribution in [0.25, 0.3) is 0 Å². The Hall–Kier alpha value is -1.46. The van der Waals surface area contributed by atoms with Crippen LogP contribution in [0.15, 0.2) is 45.3 Å². The average molecular weight is 409 g/mol. The van der Waals surface area contributed by atoms with Gasteiger partial charge in [0.05, 0.1) is 6.42 Å². The molecule has 106 valence electrons. The van der Waals surface area contributed by atoms with Crippen molar-refractivity contribution in [2.75, 3.05) is 11.9 Å². The molecule has 0 saturated carbocycles. The van der Waals surface area contributed by atoms with Gasteiger partial charge in [-0.3, -0.25) is 9.59 Å². The van der Waals surface area contributed by atoms with E-state index in [1.54, 1.807) is 24.1 Å². The van der Waals surface area contributed by atoms with Crippen LogP contribution >= 0.6 is 31.9 Å². The Morgan fingerprint density at radius 3 is 2.62 bits per heavy atom. The maximum Gasteiger partial charge on any atom is 0.231 e. The van der Waals surface area contributed by atoms with Crippen molar-refractivity contribution in [3.05, 3.63) is 62.0 Å². The Morgan fingerprint density at radius 1 is 1.14 bits per heavy atom. The lowest BCUT2D eigenvalue weighted by molar-refractivity contribution is -0.117. The van der Waals surface area contributed by atoms with E-state index >= 15 is 0 Å². The fraction of sp³-hybridized carbons (Fsp3) is 0.125. The lowest BCUT2D eigenvalue weighted by atomic mass is 10.0. The third-order valence-corrected chi connectivity index (χ3v) is 4.74. The van der Waals surface area contributed by atoms with Gasteiger partial charge in [-0.2, -0.15) is 0 Å². The minimum atomic E-state index is -0.0563. The SMILES string of the molecule is CN1C(=O)Cc2cc(C(=O)c3ccc(Br)cc3Br)ccc21. The van der Waals surface area contributed by atoms with E-state index in [0.29, 0.717) is 17.5 Å². The molecule has 0 atom stereocenters. The molecule has 0 fully saturated rings. The topological polar surface area (TPSA) is 37.4 Å². The molecule has 2 aromatic carbocycles. The molecule has 0 radical (unpaired) electrons.